The summed E-state index contributed by atoms with van der Waals surface area (Å²) in [5, 5.41) is 23.3. The second-order valence-electron chi connectivity index (χ2n) is 26.3. The Morgan fingerprint density at radius 2 is 0.595 bits per heavy atom. The average Bonchev–Trinajstić information content (AvgIpc) is 3.53. The van der Waals surface area contributed by atoms with Crippen LogP contribution in [0.1, 0.15) is 425 Å². The number of allylic oxidation sites excluding steroid dienone is 5. The van der Waals surface area contributed by atoms with Crippen LogP contribution in [0, 0.1) is 0 Å². The van der Waals surface area contributed by atoms with Crippen molar-refractivity contribution in [3.63, 3.8) is 0 Å². The summed E-state index contributed by atoms with van der Waals surface area (Å²) in [6.07, 6.45) is 95.3. The maximum Gasteiger partial charge on any atom is 0.305 e. The predicted octanol–water partition coefficient (Wildman–Crippen LogP) is 25.0. The largest absolute Gasteiger partial charge is 0.466 e. The lowest BCUT2D eigenvalue weighted by atomic mass is 10.0. The molecule has 0 radical (unpaired) electrons. The lowest BCUT2D eigenvalue weighted by molar-refractivity contribution is -0.143. The van der Waals surface area contributed by atoms with Gasteiger partial charge in [0.2, 0.25) is 5.91 Å². The van der Waals surface area contributed by atoms with Gasteiger partial charge in [-0.2, -0.15) is 0 Å². The zero-order valence-corrected chi connectivity index (χ0v) is 56.9. The predicted molar refractivity (Wildman–Crippen MR) is 370 cm³/mol. The van der Waals surface area contributed by atoms with Crippen LogP contribution in [0.5, 0.6) is 0 Å². The van der Waals surface area contributed by atoms with Crippen molar-refractivity contribution in [2.75, 3.05) is 13.2 Å². The van der Waals surface area contributed by atoms with Gasteiger partial charge in [-0.3, -0.25) is 9.59 Å². The zero-order chi connectivity index (χ0) is 60.6. The van der Waals surface area contributed by atoms with Gasteiger partial charge in [0, 0.05) is 12.8 Å². The molecule has 0 fully saturated rings. The monoisotopic (exact) mass is 1180 g/mol. The lowest BCUT2D eigenvalue weighted by Crippen LogP contribution is -2.45. The van der Waals surface area contributed by atoms with E-state index in [1.165, 1.54) is 353 Å². The molecule has 1 amide bonds. The number of aliphatic hydroxyl groups excluding tert-OH is 2. The van der Waals surface area contributed by atoms with Gasteiger partial charge >= 0.3 is 5.97 Å². The first-order valence-electron chi connectivity index (χ1n) is 38.3. The molecule has 0 saturated carbocycles. The van der Waals surface area contributed by atoms with E-state index in [2.05, 4.69) is 43.5 Å². The van der Waals surface area contributed by atoms with Crippen molar-refractivity contribution < 1.29 is 24.5 Å². The molecule has 0 aliphatic carbocycles. The third-order valence-electron chi connectivity index (χ3n) is 17.9. The van der Waals surface area contributed by atoms with Crippen LogP contribution < -0.4 is 5.32 Å². The Bertz CT molecular complexity index is 1360. The summed E-state index contributed by atoms with van der Waals surface area (Å²) in [5.74, 6) is -0.0526. The Labute approximate surface area is 525 Å². The van der Waals surface area contributed by atoms with E-state index >= 15 is 0 Å². The lowest BCUT2D eigenvalue weighted by Gasteiger charge is -2.20. The molecule has 6 nitrogen and oxygen atoms in total. The molecule has 0 aromatic rings. The van der Waals surface area contributed by atoms with Crippen LogP contribution in [0.15, 0.2) is 36.5 Å². The van der Waals surface area contributed by atoms with E-state index in [-0.39, 0.29) is 18.5 Å². The molecule has 0 bridgehead atoms. The number of unbranched alkanes of at least 4 members (excludes halogenated alkanes) is 57. The third-order valence-corrected chi connectivity index (χ3v) is 17.9. The van der Waals surface area contributed by atoms with E-state index < -0.39 is 12.1 Å². The van der Waals surface area contributed by atoms with Gasteiger partial charge in [-0.15, -0.1) is 0 Å². The number of carbonyl (C=O) groups excluding carboxylic acids is 2. The molecule has 0 aliphatic heterocycles. The summed E-state index contributed by atoms with van der Waals surface area (Å²) in [4.78, 5) is 24.6. The van der Waals surface area contributed by atoms with Gasteiger partial charge < -0.3 is 20.3 Å². The van der Waals surface area contributed by atoms with Gasteiger partial charge in [0.05, 0.1) is 25.4 Å². The highest BCUT2D eigenvalue weighted by Crippen LogP contribution is 2.19. The average molecular weight is 1180 g/mol. The molecule has 0 rings (SSSR count). The number of nitrogens with one attached hydrogen (secondary N) is 1. The molecule has 6 heteroatoms. The van der Waals surface area contributed by atoms with Crippen LogP contribution in [0.4, 0.5) is 0 Å². The Morgan fingerprint density at radius 3 is 0.905 bits per heavy atom. The van der Waals surface area contributed by atoms with E-state index in [1.54, 1.807) is 6.08 Å². The second-order valence-corrected chi connectivity index (χ2v) is 26.3. The molecule has 0 aromatic heterocycles. The first-order chi connectivity index (χ1) is 41.5. The van der Waals surface area contributed by atoms with Gasteiger partial charge in [-0.25, -0.2) is 0 Å². The topological polar surface area (TPSA) is 95.9 Å². The first kappa shape index (κ1) is 82.1. The molecule has 2 atom stereocenters. The van der Waals surface area contributed by atoms with Gasteiger partial charge in [0.1, 0.15) is 0 Å². The number of aliphatic hydroxyl groups is 2. The fourth-order valence-corrected chi connectivity index (χ4v) is 12.1. The summed E-state index contributed by atoms with van der Waals surface area (Å²) in [5.41, 5.74) is 0. The van der Waals surface area contributed by atoms with Crippen LogP contribution in [-0.2, 0) is 14.3 Å². The molecular weight excluding hydrogens is 1030 g/mol. The second kappa shape index (κ2) is 73.5. The molecule has 84 heavy (non-hydrogen) atoms. The van der Waals surface area contributed by atoms with Crippen LogP contribution in [0.2, 0.25) is 0 Å². The summed E-state index contributed by atoms with van der Waals surface area (Å²) in [7, 11) is 0. The highest BCUT2D eigenvalue weighted by atomic mass is 16.5. The number of rotatable bonds is 72. The molecule has 0 aliphatic rings. The van der Waals surface area contributed by atoms with E-state index in [9.17, 15) is 19.8 Å². The highest BCUT2D eigenvalue weighted by molar-refractivity contribution is 5.76. The van der Waals surface area contributed by atoms with Crippen molar-refractivity contribution in [3.8, 4) is 0 Å². The fourth-order valence-electron chi connectivity index (χ4n) is 12.1. The van der Waals surface area contributed by atoms with E-state index in [1.807, 2.05) is 6.08 Å². The summed E-state index contributed by atoms with van der Waals surface area (Å²) in [6.45, 7) is 4.95. The van der Waals surface area contributed by atoms with Gasteiger partial charge in [0.15, 0.2) is 0 Å². The van der Waals surface area contributed by atoms with Crippen LogP contribution in [0.25, 0.3) is 0 Å². The minimum atomic E-state index is -0.849. The molecule has 0 aromatic carbocycles. The van der Waals surface area contributed by atoms with E-state index in [0.29, 0.717) is 19.4 Å². The van der Waals surface area contributed by atoms with Crippen molar-refractivity contribution in [2.24, 2.45) is 0 Å². The van der Waals surface area contributed by atoms with E-state index in [0.717, 1.165) is 44.9 Å². The minimum Gasteiger partial charge on any atom is -0.466 e. The molecule has 0 spiro atoms. The van der Waals surface area contributed by atoms with E-state index in [4.69, 9.17) is 4.74 Å². The van der Waals surface area contributed by atoms with Gasteiger partial charge in [-0.1, -0.05) is 384 Å². The third kappa shape index (κ3) is 69.2. The van der Waals surface area contributed by atoms with Gasteiger partial charge in [-0.05, 0) is 64.2 Å². The van der Waals surface area contributed by atoms with Crippen molar-refractivity contribution in [3.05, 3.63) is 36.5 Å². The Hall–Kier alpha value is -1.92. The number of ether oxygens (including phenoxy) is 1. The van der Waals surface area contributed by atoms with Crippen molar-refractivity contribution in [1.29, 1.82) is 0 Å². The first-order valence-corrected chi connectivity index (χ1v) is 38.3. The zero-order valence-electron chi connectivity index (χ0n) is 56.9. The molecule has 3 N–H and O–H groups in total. The molecule has 496 valence electrons. The molecular formula is C78H149NO5. The number of carbonyl (C=O) groups is 2. The number of hydrogen-bond acceptors (Lipinski definition) is 5. The summed E-state index contributed by atoms with van der Waals surface area (Å²) in [6, 6.07) is -0.632. The maximum absolute atomic E-state index is 12.5. The van der Waals surface area contributed by atoms with Gasteiger partial charge in [0.25, 0.3) is 0 Å². The number of amides is 1. The molecule has 2 unspecified atom stereocenters. The Balaban J connectivity index is 3.43. The molecule has 0 saturated heterocycles. The van der Waals surface area contributed by atoms with Crippen molar-refractivity contribution in [2.45, 2.75) is 437 Å². The standard InChI is InChI=1S/C78H149NO5/c1-3-5-7-9-11-13-15-17-19-20-21-22-23-27-30-33-36-39-43-46-50-54-58-62-66-70-76(81)75(74-80)79-77(82)71-67-63-59-55-51-47-44-40-37-34-31-28-25-24-26-29-32-35-38-41-45-49-53-57-61-65-69-73-84-78(83)72-68-64-60-56-52-48-42-18-16-14-12-10-8-6-4-2/h24-25,29,32,66,70,75-76,80-81H,3-23,26-28,30-31,33-65,67-69,71-74H2,1-2H3,(H,79,82)/b25-24-,32-29-,70-66+. The smallest absolute Gasteiger partial charge is 0.305 e. The highest BCUT2D eigenvalue weighted by Gasteiger charge is 2.18. The fraction of sp³-hybridized carbons (Fsp3) is 0.897. The Kier molecular flexibility index (Phi) is 71.9. The Morgan fingerprint density at radius 1 is 0.333 bits per heavy atom. The quantitative estimate of drug-likeness (QED) is 0.0320. The van der Waals surface area contributed by atoms with Crippen LogP contribution in [-0.4, -0.2) is 47.4 Å². The SMILES string of the molecule is CCCCCCCCCCCCCCCCCCCCCCCCC/C=C/C(O)C(CO)NC(=O)CCCCCCCCCCCCC/C=C\C/C=C\CCCCCCCCCCCOC(=O)CCCCCCCCCCCCCCCCC. The number of hydrogen-bond donors (Lipinski definition) is 3. The van der Waals surface area contributed by atoms with Crippen molar-refractivity contribution in [1.82, 2.24) is 5.32 Å². The number of esters is 1. The van der Waals surface area contributed by atoms with Crippen LogP contribution >= 0.6 is 0 Å². The van der Waals surface area contributed by atoms with Crippen molar-refractivity contribution >= 4 is 11.9 Å². The maximum atomic E-state index is 12.5. The molecule has 0 heterocycles. The minimum absolute atomic E-state index is 0.0139. The van der Waals surface area contributed by atoms with Crippen LogP contribution in [0.3, 0.4) is 0 Å². The normalized spacial score (nSPS) is 12.7. The summed E-state index contributed by atoms with van der Waals surface area (Å²) >= 11 is 0. The summed E-state index contributed by atoms with van der Waals surface area (Å²) < 4.78 is 5.50.